The number of pyridine rings is 1. The van der Waals surface area contributed by atoms with Gasteiger partial charge in [0.25, 0.3) is 5.91 Å². The molecule has 1 saturated heterocycles. The largest absolute Gasteiger partial charge is 0.383 e. The molecule has 1 saturated carbocycles. The number of aliphatic hydroxyl groups is 1. The highest BCUT2D eigenvalue weighted by molar-refractivity contribution is 5.97. The minimum absolute atomic E-state index is 0.0448. The van der Waals surface area contributed by atoms with Crippen molar-refractivity contribution in [2.24, 2.45) is 5.92 Å². The Balaban J connectivity index is 1.61. The van der Waals surface area contributed by atoms with Crippen molar-refractivity contribution in [3.05, 3.63) is 30.1 Å². The first-order valence-corrected chi connectivity index (χ1v) is 13.6. The topological polar surface area (TPSA) is 158 Å². The number of carbonyl (C=O) groups is 5. The summed E-state index contributed by atoms with van der Waals surface area (Å²) in [6.07, 6.45) is 7.36. The second kappa shape index (κ2) is 14.6. The van der Waals surface area contributed by atoms with Crippen LogP contribution in [0.5, 0.6) is 0 Å². The third-order valence-electron chi connectivity index (χ3n) is 7.36. The van der Waals surface area contributed by atoms with Gasteiger partial charge in [0, 0.05) is 12.7 Å². The molecular weight excluding hydrogens is 490 g/mol. The number of nitrogens with zero attached hydrogens (tertiary/aromatic N) is 2. The lowest BCUT2D eigenvalue weighted by atomic mass is 9.83. The van der Waals surface area contributed by atoms with Crippen molar-refractivity contribution < 1.29 is 29.1 Å². The molecule has 1 aromatic rings. The Morgan fingerprint density at radius 3 is 2.53 bits per heavy atom. The Labute approximate surface area is 223 Å². The minimum atomic E-state index is -1.32. The van der Waals surface area contributed by atoms with Crippen molar-refractivity contribution in [1.82, 2.24) is 25.8 Å². The van der Waals surface area contributed by atoms with Gasteiger partial charge in [0.1, 0.15) is 23.9 Å². The zero-order valence-electron chi connectivity index (χ0n) is 21.9. The maximum atomic E-state index is 13.2. The highest BCUT2D eigenvalue weighted by Gasteiger charge is 2.37. The predicted molar refractivity (Wildman–Crippen MR) is 139 cm³/mol. The van der Waals surface area contributed by atoms with Gasteiger partial charge in [0.2, 0.25) is 17.7 Å². The van der Waals surface area contributed by atoms with E-state index >= 15 is 0 Å². The third kappa shape index (κ3) is 7.83. The summed E-state index contributed by atoms with van der Waals surface area (Å²) in [6, 6.07) is 2.72. The molecule has 2 heterocycles. The molecule has 11 nitrogen and oxygen atoms in total. The summed E-state index contributed by atoms with van der Waals surface area (Å²) in [7, 11) is 0. The number of aldehydes is 1. The lowest BCUT2D eigenvalue weighted by Crippen LogP contribution is -2.55. The van der Waals surface area contributed by atoms with E-state index in [1.54, 1.807) is 18.2 Å². The van der Waals surface area contributed by atoms with Crippen LogP contribution in [0.25, 0.3) is 0 Å². The van der Waals surface area contributed by atoms with Gasteiger partial charge in [-0.15, -0.1) is 0 Å². The SMILES string of the molecule is CCCC(NC(=O)C1CCCN1C(=O)CNC(=O)C(NC(=O)c1ccccn1)C1CCCCC1)C(O)C=O. The number of aromatic nitrogens is 1. The number of rotatable bonds is 12. The summed E-state index contributed by atoms with van der Waals surface area (Å²) >= 11 is 0. The first-order chi connectivity index (χ1) is 18.3. The highest BCUT2D eigenvalue weighted by atomic mass is 16.3. The Morgan fingerprint density at radius 1 is 1.11 bits per heavy atom. The van der Waals surface area contributed by atoms with Crippen molar-refractivity contribution >= 4 is 29.9 Å². The van der Waals surface area contributed by atoms with Gasteiger partial charge in [0.15, 0.2) is 6.29 Å². The van der Waals surface area contributed by atoms with Crippen LogP contribution < -0.4 is 16.0 Å². The fourth-order valence-corrected chi connectivity index (χ4v) is 5.30. The van der Waals surface area contributed by atoms with Crippen LogP contribution >= 0.6 is 0 Å². The van der Waals surface area contributed by atoms with Crippen LogP contribution in [-0.4, -0.2) is 82.2 Å². The zero-order valence-corrected chi connectivity index (χ0v) is 21.9. The summed E-state index contributed by atoms with van der Waals surface area (Å²) < 4.78 is 0. The first-order valence-electron chi connectivity index (χ1n) is 13.6. The van der Waals surface area contributed by atoms with Crippen LogP contribution in [0.15, 0.2) is 24.4 Å². The molecule has 0 spiro atoms. The van der Waals surface area contributed by atoms with E-state index < -0.39 is 47.9 Å². The van der Waals surface area contributed by atoms with E-state index in [4.69, 9.17) is 0 Å². The molecule has 0 radical (unpaired) electrons. The molecule has 1 aromatic heterocycles. The molecule has 2 aliphatic rings. The van der Waals surface area contributed by atoms with Crippen LogP contribution in [0.2, 0.25) is 0 Å². The van der Waals surface area contributed by atoms with Crippen LogP contribution in [0.4, 0.5) is 0 Å². The first kappa shape index (κ1) is 29.2. The lowest BCUT2D eigenvalue weighted by Gasteiger charge is -2.30. The molecule has 0 bridgehead atoms. The molecule has 0 aromatic carbocycles. The van der Waals surface area contributed by atoms with Crippen molar-refractivity contribution in [3.63, 3.8) is 0 Å². The summed E-state index contributed by atoms with van der Waals surface area (Å²) in [5.74, 6) is -1.76. The van der Waals surface area contributed by atoms with E-state index in [9.17, 15) is 29.1 Å². The van der Waals surface area contributed by atoms with Gasteiger partial charge in [-0.1, -0.05) is 38.7 Å². The van der Waals surface area contributed by atoms with E-state index in [0.29, 0.717) is 38.5 Å². The zero-order chi connectivity index (χ0) is 27.5. The van der Waals surface area contributed by atoms with Crippen LogP contribution in [-0.2, 0) is 19.2 Å². The molecule has 4 amide bonds. The molecule has 1 aliphatic heterocycles. The lowest BCUT2D eigenvalue weighted by molar-refractivity contribution is -0.139. The van der Waals surface area contributed by atoms with Crippen molar-refractivity contribution in [3.8, 4) is 0 Å². The molecule has 4 unspecified atom stereocenters. The maximum absolute atomic E-state index is 13.2. The highest BCUT2D eigenvalue weighted by Crippen LogP contribution is 2.27. The second-order valence-electron chi connectivity index (χ2n) is 10.1. The maximum Gasteiger partial charge on any atom is 0.270 e. The number of carbonyl (C=O) groups excluding carboxylic acids is 5. The number of hydrogen-bond donors (Lipinski definition) is 4. The number of hydrogen-bond acceptors (Lipinski definition) is 7. The molecule has 208 valence electrons. The minimum Gasteiger partial charge on any atom is -0.383 e. The quantitative estimate of drug-likeness (QED) is 0.290. The van der Waals surface area contributed by atoms with Gasteiger partial charge in [-0.05, 0) is 50.2 Å². The average molecular weight is 530 g/mol. The average Bonchev–Trinajstić information content (AvgIpc) is 3.45. The molecular formula is C27H39N5O6. The van der Waals surface area contributed by atoms with Gasteiger partial charge in [-0.25, -0.2) is 0 Å². The molecule has 1 aliphatic carbocycles. The van der Waals surface area contributed by atoms with Crippen LogP contribution in [0.3, 0.4) is 0 Å². The van der Waals surface area contributed by atoms with Crippen molar-refractivity contribution in [2.75, 3.05) is 13.1 Å². The summed E-state index contributed by atoms with van der Waals surface area (Å²) in [5, 5.41) is 18.1. The molecule has 3 rings (SSSR count). The van der Waals surface area contributed by atoms with Gasteiger partial charge in [0.05, 0.1) is 12.6 Å². The second-order valence-corrected chi connectivity index (χ2v) is 10.1. The predicted octanol–water partition coefficient (Wildman–Crippen LogP) is 0.712. The fourth-order valence-electron chi connectivity index (χ4n) is 5.30. The molecule has 4 atom stereocenters. The van der Waals surface area contributed by atoms with E-state index in [1.807, 2.05) is 6.92 Å². The van der Waals surface area contributed by atoms with E-state index in [-0.39, 0.29) is 18.2 Å². The van der Waals surface area contributed by atoms with Gasteiger partial charge in [-0.2, -0.15) is 0 Å². The van der Waals surface area contributed by atoms with E-state index in [1.165, 1.54) is 11.1 Å². The molecule has 4 N–H and O–H groups in total. The third-order valence-corrected chi connectivity index (χ3v) is 7.36. The van der Waals surface area contributed by atoms with Gasteiger partial charge >= 0.3 is 0 Å². The monoisotopic (exact) mass is 529 g/mol. The van der Waals surface area contributed by atoms with Crippen molar-refractivity contribution in [2.45, 2.75) is 88.9 Å². The Bertz CT molecular complexity index is 968. The number of amides is 4. The molecule has 2 fully saturated rings. The van der Waals surface area contributed by atoms with Crippen LogP contribution in [0, 0.1) is 5.92 Å². The number of likely N-dealkylation sites (tertiary alicyclic amines) is 1. The summed E-state index contributed by atoms with van der Waals surface area (Å²) in [5.41, 5.74) is 0.212. The van der Waals surface area contributed by atoms with Crippen molar-refractivity contribution in [1.29, 1.82) is 0 Å². The Morgan fingerprint density at radius 2 is 1.87 bits per heavy atom. The number of nitrogens with one attached hydrogen (secondary N) is 3. The van der Waals surface area contributed by atoms with Gasteiger partial charge in [-0.3, -0.25) is 24.2 Å². The Hall–Kier alpha value is -3.34. The van der Waals surface area contributed by atoms with E-state index in [2.05, 4.69) is 20.9 Å². The molecule has 38 heavy (non-hydrogen) atoms. The molecule has 11 heteroatoms. The summed E-state index contributed by atoms with van der Waals surface area (Å²) in [4.78, 5) is 68.4. The summed E-state index contributed by atoms with van der Waals surface area (Å²) in [6.45, 7) is 1.94. The normalized spacial score (nSPS) is 20.2. The van der Waals surface area contributed by atoms with Crippen LogP contribution in [0.1, 0.15) is 75.2 Å². The number of aliphatic hydroxyl groups excluding tert-OH is 1. The fraction of sp³-hybridized carbons (Fsp3) is 0.630. The van der Waals surface area contributed by atoms with Gasteiger partial charge < -0.3 is 30.8 Å². The van der Waals surface area contributed by atoms with E-state index in [0.717, 1.165) is 32.1 Å². The smallest absolute Gasteiger partial charge is 0.270 e. The Kier molecular flexibility index (Phi) is 11.2. The standard InChI is InChI=1S/C27H39N5O6/c1-2-9-19(22(34)17-33)30-26(37)21-13-8-15-32(21)23(35)16-29-27(38)24(18-10-4-3-5-11-18)31-25(36)20-12-6-7-14-28-20/h6-7,12,14,17-19,21-22,24,34H,2-5,8-11,13,15-16H2,1H3,(H,29,38)(H,30,37)(H,31,36).